The fourth-order valence-electron chi connectivity index (χ4n) is 4.68. The van der Waals surface area contributed by atoms with Crippen molar-refractivity contribution in [1.82, 2.24) is 14.5 Å². The monoisotopic (exact) mass is 534 g/mol. The van der Waals surface area contributed by atoms with Gasteiger partial charge in [0.1, 0.15) is 11.9 Å². The van der Waals surface area contributed by atoms with E-state index in [-0.39, 0.29) is 34.9 Å². The van der Waals surface area contributed by atoms with E-state index in [9.17, 15) is 24.0 Å². The summed E-state index contributed by atoms with van der Waals surface area (Å²) >= 11 is 0. The van der Waals surface area contributed by atoms with E-state index in [0.29, 0.717) is 32.7 Å². The van der Waals surface area contributed by atoms with Crippen molar-refractivity contribution >= 4 is 33.7 Å². The lowest BCUT2D eigenvalue weighted by atomic mass is 10.2. The number of ether oxygens (including phenoxy) is 1. The first-order valence-corrected chi connectivity index (χ1v) is 12.6. The third kappa shape index (κ3) is 5.50. The molecule has 0 N–H and O–H groups in total. The quantitative estimate of drug-likeness (QED) is 0.313. The van der Waals surface area contributed by atoms with Gasteiger partial charge in [0.05, 0.1) is 17.3 Å². The van der Waals surface area contributed by atoms with Crippen LogP contribution < -0.4 is 27.3 Å². The molecule has 1 fully saturated rings. The van der Waals surface area contributed by atoms with Gasteiger partial charge >= 0.3 is 17.2 Å². The van der Waals surface area contributed by atoms with Crippen molar-refractivity contribution in [2.75, 3.05) is 37.6 Å². The number of esters is 1. The van der Waals surface area contributed by atoms with E-state index in [2.05, 4.69) is 14.8 Å². The molecule has 4 aromatic rings. The second kappa shape index (κ2) is 11.0. The maximum Gasteiger partial charge on any atom is 0.336 e. The van der Waals surface area contributed by atoms with Crippen molar-refractivity contribution in [3.63, 3.8) is 0 Å². The Bertz CT molecular complexity index is 1750. The molecular weight excluding hydrogens is 508 g/mol. The molecule has 1 aliphatic rings. The SMILES string of the molecule is CCC(=O)OC(CN1CCN(c2ccccn2)CC1)Cn1c(=O)c2ccc3oc(=O)ccc(=O)oc3c2c1=O. The summed E-state index contributed by atoms with van der Waals surface area (Å²) in [6.07, 6.45) is 1.09. The van der Waals surface area contributed by atoms with E-state index in [0.717, 1.165) is 22.5 Å². The number of hydrogen-bond donors (Lipinski definition) is 0. The van der Waals surface area contributed by atoms with E-state index in [1.165, 1.54) is 12.1 Å². The highest BCUT2D eigenvalue weighted by molar-refractivity contribution is 6.01. The van der Waals surface area contributed by atoms with Crippen molar-refractivity contribution in [1.29, 1.82) is 0 Å². The normalized spacial score (nSPS) is 14.9. The Kier molecular flexibility index (Phi) is 7.37. The Morgan fingerprint density at radius 2 is 1.67 bits per heavy atom. The van der Waals surface area contributed by atoms with Gasteiger partial charge in [0.15, 0.2) is 11.2 Å². The number of carbonyl (C=O) groups is 1. The number of nitrogens with zero attached hydrogens (tertiary/aromatic N) is 4. The molecule has 1 unspecified atom stereocenters. The zero-order chi connectivity index (χ0) is 27.5. The van der Waals surface area contributed by atoms with E-state index in [4.69, 9.17) is 13.6 Å². The largest absolute Gasteiger partial charge is 0.459 e. The van der Waals surface area contributed by atoms with E-state index in [1.807, 2.05) is 18.2 Å². The van der Waals surface area contributed by atoms with Crippen LogP contribution in [-0.4, -0.2) is 59.2 Å². The second-order valence-corrected chi connectivity index (χ2v) is 9.15. The molecule has 0 amide bonds. The number of hydrogen-bond acceptors (Lipinski definition) is 11. The van der Waals surface area contributed by atoms with Gasteiger partial charge in [0.2, 0.25) is 0 Å². The molecule has 4 heterocycles. The molecule has 1 aliphatic heterocycles. The molecule has 1 saturated heterocycles. The maximum atomic E-state index is 13.4. The van der Waals surface area contributed by atoms with E-state index >= 15 is 0 Å². The third-order valence-corrected chi connectivity index (χ3v) is 6.61. The summed E-state index contributed by atoms with van der Waals surface area (Å²) in [5, 5.41) is -0.185. The number of aromatic nitrogens is 2. The van der Waals surface area contributed by atoms with Gasteiger partial charge in [-0.2, -0.15) is 0 Å². The maximum absolute atomic E-state index is 13.4. The number of carbonyl (C=O) groups excluding carboxylic acids is 1. The van der Waals surface area contributed by atoms with Gasteiger partial charge in [0.25, 0.3) is 11.1 Å². The second-order valence-electron chi connectivity index (χ2n) is 9.15. The standard InChI is InChI=1S/C27H26N4O8/c1-2-21(32)37-17(15-29-11-13-30(14-12-29)20-5-3-4-10-28-20)16-31-26(35)18-6-7-19-25(24(18)27(31)36)39-23(34)9-8-22(33)38-19/h3-10,17H,2,11-16H2,1H3. The summed E-state index contributed by atoms with van der Waals surface area (Å²) < 4.78 is 17.0. The van der Waals surface area contributed by atoms with Crippen molar-refractivity contribution < 1.29 is 18.4 Å². The summed E-state index contributed by atoms with van der Waals surface area (Å²) in [5.41, 5.74) is -3.54. The fourth-order valence-corrected chi connectivity index (χ4v) is 4.68. The third-order valence-electron chi connectivity index (χ3n) is 6.61. The summed E-state index contributed by atoms with van der Waals surface area (Å²) in [4.78, 5) is 71.5. The minimum absolute atomic E-state index is 0.00306. The summed E-state index contributed by atoms with van der Waals surface area (Å²) in [6.45, 7) is 4.54. The van der Waals surface area contributed by atoms with Gasteiger partial charge in [0, 0.05) is 57.5 Å². The predicted molar refractivity (Wildman–Crippen MR) is 142 cm³/mol. The van der Waals surface area contributed by atoms with Gasteiger partial charge in [-0.3, -0.25) is 23.9 Å². The van der Waals surface area contributed by atoms with Gasteiger partial charge < -0.3 is 18.5 Å². The highest BCUT2D eigenvalue weighted by Crippen LogP contribution is 2.19. The molecule has 5 rings (SSSR count). The summed E-state index contributed by atoms with van der Waals surface area (Å²) in [6, 6.07) is 10.1. The number of rotatable bonds is 7. The van der Waals surface area contributed by atoms with Crippen LogP contribution in [-0.2, 0) is 16.1 Å². The topological polar surface area (TPSA) is 145 Å². The van der Waals surface area contributed by atoms with E-state index < -0.39 is 34.4 Å². The molecule has 12 nitrogen and oxygen atoms in total. The number of benzene rings is 1. The molecule has 1 aromatic carbocycles. The fraction of sp³-hybridized carbons (Fsp3) is 0.333. The number of fused-ring (bicyclic) bond motifs is 3. The molecule has 0 bridgehead atoms. The highest BCUT2D eigenvalue weighted by atomic mass is 16.5. The summed E-state index contributed by atoms with van der Waals surface area (Å²) in [7, 11) is 0. The Hall–Kier alpha value is -4.58. The number of pyridine rings is 1. The lowest BCUT2D eigenvalue weighted by Gasteiger charge is -2.36. The molecule has 0 radical (unpaired) electrons. The Morgan fingerprint density at radius 1 is 0.923 bits per heavy atom. The van der Waals surface area contributed by atoms with Gasteiger partial charge in [-0.25, -0.2) is 14.6 Å². The molecule has 0 spiro atoms. The zero-order valence-corrected chi connectivity index (χ0v) is 21.2. The average molecular weight is 535 g/mol. The first kappa shape index (κ1) is 26.0. The highest BCUT2D eigenvalue weighted by Gasteiger charge is 2.26. The molecule has 202 valence electrons. The van der Waals surface area contributed by atoms with Crippen LogP contribution in [0.15, 0.2) is 76.7 Å². The molecule has 0 aliphatic carbocycles. The number of anilines is 1. The molecule has 12 heteroatoms. The molecule has 1 atom stereocenters. The first-order chi connectivity index (χ1) is 18.8. The minimum atomic E-state index is -0.889. The van der Waals surface area contributed by atoms with Crippen LogP contribution in [0.2, 0.25) is 0 Å². The van der Waals surface area contributed by atoms with Crippen LogP contribution in [0.1, 0.15) is 13.3 Å². The van der Waals surface area contributed by atoms with Crippen LogP contribution in [0, 0.1) is 0 Å². The molecule has 39 heavy (non-hydrogen) atoms. The van der Waals surface area contributed by atoms with Crippen LogP contribution in [0.3, 0.4) is 0 Å². The van der Waals surface area contributed by atoms with Gasteiger partial charge in [-0.15, -0.1) is 0 Å². The first-order valence-electron chi connectivity index (χ1n) is 12.6. The lowest BCUT2D eigenvalue weighted by Crippen LogP contribution is -2.50. The van der Waals surface area contributed by atoms with Crippen molar-refractivity contribution in [2.45, 2.75) is 26.0 Å². The van der Waals surface area contributed by atoms with Crippen LogP contribution in [0.5, 0.6) is 0 Å². The number of piperazine rings is 1. The van der Waals surface area contributed by atoms with Crippen LogP contribution >= 0.6 is 0 Å². The zero-order valence-electron chi connectivity index (χ0n) is 21.2. The lowest BCUT2D eigenvalue weighted by molar-refractivity contribution is -0.150. The van der Waals surface area contributed by atoms with Crippen LogP contribution in [0.4, 0.5) is 5.82 Å². The van der Waals surface area contributed by atoms with Crippen molar-refractivity contribution in [2.24, 2.45) is 0 Å². The van der Waals surface area contributed by atoms with E-state index in [1.54, 1.807) is 13.1 Å². The molecule has 0 saturated carbocycles. The molecular formula is C27H26N4O8. The Balaban J connectivity index is 1.45. The molecule has 3 aromatic heterocycles. The van der Waals surface area contributed by atoms with Crippen molar-refractivity contribution in [3.8, 4) is 0 Å². The van der Waals surface area contributed by atoms with Crippen molar-refractivity contribution in [3.05, 3.63) is 90.2 Å². The Morgan fingerprint density at radius 3 is 2.36 bits per heavy atom. The predicted octanol–water partition coefficient (Wildman–Crippen LogP) is 0.960. The average Bonchev–Trinajstić information content (AvgIpc) is 3.17. The smallest absolute Gasteiger partial charge is 0.336 e. The Labute approximate surface area is 220 Å². The van der Waals surface area contributed by atoms with Gasteiger partial charge in [-0.05, 0) is 24.3 Å². The minimum Gasteiger partial charge on any atom is -0.459 e. The van der Waals surface area contributed by atoms with Gasteiger partial charge in [-0.1, -0.05) is 13.0 Å². The summed E-state index contributed by atoms with van der Waals surface area (Å²) in [5.74, 6) is 0.426. The van der Waals surface area contributed by atoms with Crippen LogP contribution in [0.25, 0.3) is 21.9 Å².